The molecule has 1 aliphatic heterocycles. The maximum Gasteiger partial charge on any atom is 0.254 e. The van der Waals surface area contributed by atoms with Gasteiger partial charge in [0.25, 0.3) is 6.29 Å². The average Bonchev–Trinajstić information content (AvgIpc) is 2.92. The molecule has 0 unspecified atom stereocenters. The van der Waals surface area contributed by atoms with Crippen molar-refractivity contribution in [1.82, 2.24) is 14.7 Å². The summed E-state index contributed by atoms with van der Waals surface area (Å²) in [5, 5.41) is 29.3. The zero-order valence-corrected chi connectivity index (χ0v) is 12.8. The highest BCUT2D eigenvalue weighted by molar-refractivity contribution is 14.1. The van der Waals surface area contributed by atoms with Gasteiger partial charge in [0.05, 0.1) is 18.2 Å². The SMILES string of the molecule is Nc1ncnc2c1c(I)cn2O[C@@H]1O[C@H](CO)[C@@H](O)[C@H]1O. The maximum absolute atomic E-state index is 9.87. The number of aliphatic hydroxyl groups is 3. The Kier molecular flexibility index (Phi) is 3.88. The second-order valence-electron chi connectivity index (χ2n) is 4.57. The van der Waals surface area contributed by atoms with Gasteiger partial charge in [0.1, 0.15) is 30.5 Å². The van der Waals surface area contributed by atoms with E-state index in [1.165, 1.54) is 11.1 Å². The zero-order chi connectivity index (χ0) is 15.1. The van der Waals surface area contributed by atoms with Gasteiger partial charge >= 0.3 is 0 Å². The summed E-state index contributed by atoms with van der Waals surface area (Å²) >= 11 is 2.06. The highest BCUT2D eigenvalue weighted by Gasteiger charge is 2.44. The fraction of sp³-hybridized carbons (Fsp3) is 0.455. The van der Waals surface area contributed by atoms with Crippen molar-refractivity contribution in [3.05, 3.63) is 16.1 Å². The quantitative estimate of drug-likeness (QED) is 0.450. The third kappa shape index (κ3) is 2.42. The molecule has 3 heterocycles. The lowest BCUT2D eigenvalue weighted by molar-refractivity contribution is -0.168. The van der Waals surface area contributed by atoms with Crippen LogP contribution in [0.1, 0.15) is 0 Å². The van der Waals surface area contributed by atoms with Crippen LogP contribution in [-0.4, -0.2) is 61.2 Å². The zero-order valence-electron chi connectivity index (χ0n) is 10.6. The summed E-state index contributed by atoms with van der Waals surface area (Å²) in [5.74, 6) is 0.313. The molecule has 10 heteroatoms. The molecular formula is C11H13IN4O5. The second kappa shape index (κ2) is 5.53. The molecule has 114 valence electrons. The lowest BCUT2D eigenvalue weighted by atomic mass is 10.1. The largest absolute Gasteiger partial charge is 0.394 e. The monoisotopic (exact) mass is 408 g/mol. The van der Waals surface area contributed by atoms with Gasteiger partial charge in [-0.25, -0.2) is 9.97 Å². The molecule has 1 fully saturated rings. The molecule has 2 aromatic heterocycles. The lowest BCUT2D eigenvalue weighted by Crippen LogP contribution is -2.38. The second-order valence-corrected chi connectivity index (χ2v) is 5.73. The first-order chi connectivity index (χ1) is 10.0. The summed E-state index contributed by atoms with van der Waals surface area (Å²) in [6, 6.07) is 0. The van der Waals surface area contributed by atoms with E-state index in [0.717, 1.165) is 3.57 Å². The molecule has 1 aliphatic rings. The van der Waals surface area contributed by atoms with Crippen LogP contribution in [0.15, 0.2) is 12.5 Å². The van der Waals surface area contributed by atoms with E-state index in [2.05, 4.69) is 32.6 Å². The molecule has 0 amide bonds. The Morgan fingerprint density at radius 3 is 2.81 bits per heavy atom. The molecule has 4 atom stereocenters. The van der Waals surface area contributed by atoms with Gasteiger partial charge in [-0.15, -0.1) is 0 Å². The predicted octanol–water partition coefficient (Wildman–Crippen LogP) is -1.51. The highest BCUT2D eigenvalue weighted by atomic mass is 127. The number of rotatable bonds is 3. The number of hydrogen-bond acceptors (Lipinski definition) is 8. The van der Waals surface area contributed by atoms with Crippen molar-refractivity contribution in [3.8, 4) is 0 Å². The van der Waals surface area contributed by atoms with Crippen molar-refractivity contribution in [2.24, 2.45) is 0 Å². The minimum atomic E-state index is -1.28. The number of anilines is 1. The van der Waals surface area contributed by atoms with Gasteiger partial charge in [0.15, 0.2) is 5.65 Å². The molecule has 0 aliphatic carbocycles. The Balaban J connectivity index is 1.91. The minimum Gasteiger partial charge on any atom is -0.394 e. The van der Waals surface area contributed by atoms with Gasteiger partial charge in [0.2, 0.25) is 0 Å². The van der Waals surface area contributed by atoms with Gasteiger partial charge in [0, 0.05) is 3.57 Å². The van der Waals surface area contributed by atoms with Crippen LogP contribution in [0.25, 0.3) is 11.0 Å². The van der Waals surface area contributed by atoms with E-state index >= 15 is 0 Å². The summed E-state index contributed by atoms with van der Waals surface area (Å²) < 4.78 is 7.33. The first-order valence-corrected chi connectivity index (χ1v) is 7.17. The number of nitrogens with zero attached hydrogens (tertiary/aromatic N) is 3. The molecule has 0 spiro atoms. The first kappa shape index (κ1) is 14.7. The Bertz CT molecular complexity index is 665. The third-order valence-electron chi connectivity index (χ3n) is 3.25. The number of hydrogen-bond donors (Lipinski definition) is 4. The molecule has 0 bridgehead atoms. The Morgan fingerprint density at radius 2 is 2.14 bits per heavy atom. The number of fused-ring (bicyclic) bond motifs is 1. The summed E-state index contributed by atoms with van der Waals surface area (Å²) in [5.41, 5.74) is 6.21. The number of aromatic nitrogens is 3. The molecule has 0 radical (unpaired) electrons. The smallest absolute Gasteiger partial charge is 0.254 e. The van der Waals surface area contributed by atoms with Gasteiger partial charge in [-0.1, -0.05) is 0 Å². The summed E-state index contributed by atoms with van der Waals surface area (Å²) in [6.07, 6.45) is -1.61. The van der Waals surface area contributed by atoms with E-state index < -0.39 is 31.2 Å². The van der Waals surface area contributed by atoms with E-state index in [0.29, 0.717) is 16.9 Å². The van der Waals surface area contributed by atoms with Crippen LogP contribution in [0.5, 0.6) is 0 Å². The predicted molar refractivity (Wildman–Crippen MR) is 79.0 cm³/mol. The molecule has 9 nitrogen and oxygen atoms in total. The minimum absolute atomic E-state index is 0.313. The summed E-state index contributed by atoms with van der Waals surface area (Å²) in [7, 11) is 0. The number of ether oxygens (including phenoxy) is 1. The molecule has 1 saturated heterocycles. The highest BCUT2D eigenvalue weighted by Crippen LogP contribution is 2.26. The van der Waals surface area contributed by atoms with Gasteiger partial charge in [-0.2, -0.15) is 4.73 Å². The standard InChI is InChI=1S/C11H13IN4O5/c12-4-1-16(10-6(4)9(13)14-3-15-10)21-11-8(19)7(18)5(2-17)20-11/h1,3,5,7-8,11,17-19H,2H2,(H2,13,14,15)/t5-,7-,8-,11+/m1/s1. The van der Waals surface area contributed by atoms with Gasteiger partial charge in [-0.05, 0) is 22.6 Å². The average molecular weight is 408 g/mol. The van der Waals surface area contributed by atoms with E-state index in [-0.39, 0.29) is 0 Å². The van der Waals surface area contributed by atoms with Gasteiger partial charge < -0.3 is 30.6 Å². The Labute approximate surface area is 132 Å². The van der Waals surface area contributed by atoms with E-state index in [1.807, 2.05) is 0 Å². The fourth-order valence-corrected chi connectivity index (χ4v) is 2.93. The van der Waals surface area contributed by atoms with Crippen LogP contribution in [-0.2, 0) is 4.74 Å². The van der Waals surface area contributed by atoms with E-state index in [9.17, 15) is 10.2 Å². The van der Waals surface area contributed by atoms with E-state index in [1.54, 1.807) is 6.20 Å². The van der Waals surface area contributed by atoms with Crippen molar-refractivity contribution in [2.75, 3.05) is 12.3 Å². The lowest BCUT2D eigenvalue weighted by Gasteiger charge is -2.16. The van der Waals surface area contributed by atoms with Crippen molar-refractivity contribution in [2.45, 2.75) is 24.6 Å². The van der Waals surface area contributed by atoms with Crippen LogP contribution < -0.4 is 10.6 Å². The molecule has 2 aromatic rings. The number of aliphatic hydroxyl groups excluding tert-OH is 3. The fourth-order valence-electron chi connectivity index (χ4n) is 2.16. The Morgan fingerprint density at radius 1 is 1.38 bits per heavy atom. The molecule has 5 N–H and O–H groups in total. The Hall–Kier alpha value is -1.21. The van der Waals surface area contributed by atoms with Crippen LogP contribution in [0.4, 0.5) is 5.82 Å². The topological polar surface area (TPSA) is 136 Å². The third-order valence-corrected chi connectivity index (χ3v) is 4.07. The van der Waals surface area contributed by atoms with Gasteiger partial charge in [-0.3, -0.25) is 0 Å². The van der Waals surface area contributed by atoms with Crippen molar-refractivity contribution < 1.29 is 24.9 Å². The van der Waals surface area contributed by atoms with Crippen LogP contribution in [0.3, 0.4) is 0 Å². The van der Waals surface area contributed by atoms with Crippen molar-refractivity contribution in [1.29, 1.82) is 0 Å². The normalized spacial score (nSPS) is 29.1. The van der Waals surface area contributed by atoms with Crippen LogP contribution in [0.2, 0.25) is 0 Å². The summed E-state index contributed by atoms with van der Waals surface area (Å²) in [6.45, 7) is -0.419. The van der Waals surface area contributed by atoms with Crippen molar-refractivity contribution in [3.63, 3.8) is 0 Å². The maximum atomic E-state index is 9.87. The number of halogens is 1. The molecule has 3 rings (SSSR count). The van der Waals surface area contributed by atoms with Crippen molar-refractivity contribution >= 4 is 39.4 Å². The summed E-state index contributed by atoms with van der Waals surface area (Å²) in [4.78, 5) is 13.5. The molecule has 0 saturated carbocycles. The molecule has 21 heavy (non-hydrogen) atoms. The number of nitrogen functional groups attached to an aromatic ring is 1. The first-order valence-electron chi connectivity index (χ1n) is 6.09. The number of nitrogens with two attached hydrogens (primary N) is 1. The van der Waals surface area contributed by atoms with Crippen LogP contribution >= 0.6 is 22.6 Å². The molecular weight excluding hydrogens is 395 g/mol. The van der Waals surface area contributed by atoms with Crippen LogP contribution in [0, 0.1) is 3.57 Å². The molecule has 0 aromatic carbocycles. The van der Waals surface area contributed by atoms with E-state index in [4.69, 9.17) is 20.4 Å².